The molecule has 2 aromatic heterocycles. The first-order valence-corrected chi connectivity index (χ1v) is 10.8. The van der Waals surface area contributed by atoms with E-state index in [1.165, 1.54) is 6.20 Å². The van der Waals surface area contributed by atoms with Crippen molar-refractivity contribution in [3.8, 4) is 11.3 Å². The van der Waals surface area contributed by atoms with E-state index in [9.17, 15) is 22.8 Å². The van der Waals surface area contributed by atoms with E-state index in [-0.39, 0.29) is 11.6 Å². The van der Waals surface area contributed by atoms with Gasteiger partial charge in [-0.3, -0.25) is 9.59 Å². The predicted molar refractivity (Wildman–Crippen MR) is 125 cm³/mol. The van der Waals surface area contributed by atoms with Crippen LogP contribution in [-0.2, 0) is 4.79 Å². The highest BCUT2D eigenvalue weighted by molar-refractivity contribution is 6.08. The number of amides is 2. The molecule has 2 N–H and O–H groups in total. The molecule has 0 aliphatic carbocycles. The second kappa shape index (κ2) is 9.57. The molecule has 0 aliphatic rings. The molecule has 0 spiro atoms. The van der Waals surface area contributed by atoms with Crippen LogP contribution in [0.2, 0.25) is 0 Å². The van der Waals surface area contributed by atoms with Crippen molar-refractivity contribution in [2.75, 3.05) is 11.9 Å². The van der Waals surface area contributed by atoms with E-state index in [0.29, 0.717) is 22.8 Å². The molecule has 0 saturated heterocycles. The zero-order chi connectivity index (χ0) is 25.3. The number of halogens is 3. The lowest BCUT2D eigenvalue weighted by molar-refractivity contribution is -0.115. The SMILES string of the molecule is Cc1ccccc1-c1cc(C(=O)NCC(=O)Nc2ccc(F)c(F)c2F)c2cnn(C(C)C)c2n1. The van der Waals surface area contributed by atoms with Gasteiger partial charge in [0, 0.05) is 11.6 Å². The van der Waals surface area contributed by atoms with Crippen LogP contribution >= 0.6 is 0 Å². The Labute approximate surface area is 199 Å². The Bertz CT molecular complexity index is 1450. The minimum absolute atomic E-state index is 0.0141. The minimum atomic E-state index is -1.70. The molecule has 35 heavy (non-hydrogen) atoms. The maximum absolute atomic E-state index is 13.8. The number of rotatable bonds is 6. The summed E-state index contributed by atoms with van der Waals surface area (Å²) in [5.41, 5.74) is 2.61. The first-order chi connectivity index (χ1) is 16.7. The van der Waals surface area contributed by atoms with Gasteiger partial charge >= 0.3 is 0 Å². The second-order valence-corrected chi connectivity index (χ2v) is 8.24. The smallest absolute Gasteiger partial charge is 0.252 e. The van der Waals surface area contributed by atoms with Crippen molar-refractivity contribution in [1.29, 1.82) is 0 Å². The average molecular weight is 481 g/mol. The average Bonchev–Trinajstić information content (AvgIpc) is 3.27. The van der Waals surface area contributed by atoms with E-state index >= 15 is 0 Å². The van der Waals surface area contributed by atoms with Crippen LogP contribution in [0.1, 0.15) is 35.8 Å². The Morgan fingerprint density at radius 3 is 2.51 bits per heavy atom. The molecule has 180 valence electrons. The van der Waals surface area contributed by atoms with Gasteiger partial charge in [-0.25, -0.2) is 22.8 Å². The van der Waals surface area contributed by atoms with Crippen molar-refractivity contribution < 1.29 is 22.8 Å². The number of hydrogen-bond donors (Lipinski definition) is 2. The molecule has 2 aromatic carbocycles. The van der Waals surface area contributed by atoms with Gasteiger partial charge in [0.05, 0.1) is 35.1 Å². The topological polar surface area (TPSA) is 88.9 Å². The number of anilines is 1. The Morgan fingerprint density at radius 1 is 1.06 bits per heavy atom. The Balaban J connectivity index is 1.62. The fourth-order valence-electron chi connectivity index (χ4n) is 3.65. The van der Waals surface area contributed by atoms with E-state index < -0.39 is 41.5 Å². The predicted octanol–water partition coefficient (Wildman–Crippen LogP) is 4.77. The van der Waals surface area contributed by atoms with Crippen molar-refractivity contribution in [2.45, 2.75) is 26.8 Å². The van der Waals surface area contributed by atoms with Crippen molar-refractivity contribution >= 4 is 28.5 Å². The number of nitrogens with zero attached hydrogens (tertiary/aromatic N) is 3. The van der Waals surface area contributed by atoms with Crippen LogP contribution in [-0.4, -0.2) is 33.1 Å². The van der Waals surface area contributed by atoms with Gasteiger partial charge in [0.15, 0.2) is 23.1 Å². The quantitative estimate of drug-likeness (QED) is 0.388. The van der Waals surface area contributed by atoms with Crippen molar-refractivity contribution in [3.05, 3.63) is 77.2 Å². The Kier molecular flexibility index (Phi) is 6.54. The standard InChI is InChI=1S/C25H22F3N5O2/c1-13(2)33-24-17(11-30-33)16(10-20(32-24)15-7-5-4-6-14(15)3)25(35)29-12-21(34)31-19-9-8-18(26)22(27)23(19)28/h4-11,13H,12H2,1-3H3,(H,29,35)(H,31,34). The highest BCUT2D eigenvalue weighted by Crippen LogP contribution is 2.28. The van der Waals surface area contributed by atoms with Crippen LogP contribution in [0.25, 0.3) is 22.3 Å². The summed E-state index contributed by atoms with van der Waals surface area (Å²) < 4.78 is 42.0. The molecule has 0 radical (unpaired) electrons. The number of benzene rings is 2. The van der Waals surface area contributed by atoms with Gasteiger partial charge in [-0.2, -0.15) is 5.10 Å². The van der Waals surface area contributed by atoms with Crippen LogP contribution in [0, 0.1) is 24.4 Å². The molecule has 0 bridgehead atoms. The van der Waals surface area contributed by atoms with Gasteiger partial charge in [0.1, 0.15) is 0 Å². The Morgan fingerprint density at radius 2 is 1.80 bits per heavy atom. The third-order valence-corrected chi connectivity index (χ3v) is 5.44. The van der Waals surface area contributed by atoms with Crippen LogP contribution in [0.3, 0.4) is 0 Å². The lowest BCUT2D eigenvalue weighted by Gasteiger charge is -2.12. The van der Waals surface area contributed by atoms with E-state index in [0.717, 1.165) is 17.2 Å². The van der Waals surface area contributed by atoms with E-state index in [4.69, 9.17) is 4.98 Å². The molecular weight excluding hydrogens is 459 g/mol. The number of aryl methyl sites for hydroxylation is 1. The highest BCUT2D eigenvalue weighted by Gasteiger charge is 2.20. The van der Waals surface area contributed by atoms with Crippen molar-refractivity contribution in [3.63, 3.8) is 0 Å². The zero-order valence-corrected chi connectivity index (χ0v) is 19.2. The molecule has 0 atom stereocenters. The van der Waals surface area contributed by atoms with Gasteiger partial charge in [0.2, 0.25) is 5.91 Å². The van der Waals surface area contributed by atoms with Crippen molar-refractivity contribution in [1.82, 2.24) is 20.1 Å². The largest absolute Gasteiger partial charge is 0.343 e. The van der Waals surface area contributed by atoms with Gasteiger partial charge in [-0.15, -0.1) is 0 Å². The highest BCUT2D eigenvalue weighted by atomic mass is 19.2. The summed E-state index contributed by atoms with van der Waals surface area (Å²) in [5, 5.41) is 9.46. The number of aromatic nitrogens is 3. The third-order valence-electron chi connectivity index (χ3n) is 5.44. The molecule has 0 aliphatic heterocycles. The first kappa shape index (κ1) is 23.9. The lowest BCUT2D eigenvalue weighted by Crippen LogP contribution is -2.33. The van der Waals surface area contributed by atoms with Gasteiger partial charge in [-0.05, 0) is 44.5 Å². The van der Waals surface area contributed by atoms with Crippen LogP contribution in [0.4, 0.5) is 18.9 Å². The van der Waals surface area contributed by atoms with E-state index in [1.807, 2.05) is 45.0 Å². The van der Waals surface area contributed by atoms with Gasteiger partial charge in [0.25, 0.3) is 5.91 Å². The summed E-state index contributed by atoms with van der Waals surface area (Å²) in [6.45, 7) is 5.29. The number of carbonyl (C=O) groups is 2. The van der Waals surface area contributed by atoms with Gasteiger partial charge in [-0.1, -0.05) is 24.3 Å². The maximum atomic E-state index is 13.8. The summed E-state index contributed by atoms with van der Waals surface area (Å²) in [4.78, 5) is 30.1. The minimum Gasteiger partial charge on any atom is -0.343 e. The summed E-state index contributed by atoms with van der Waals surface area (Å²) in [7, 11) is 0. The van der Waals surface area contributed by atoms with Gasteiger partial charge < -0.3 is 10.6 Å². The van der Waals surface area contributed by atoms with Crippen molar-refractivity contribution in [2.24, 2.45) is 0 Å². The number of pyridine rings is 1. The maximum Gasteiger partial charge on any atom is 0.252 e. The zero-order valence-electron chi connectivity index (χ0n) is 19.2. The van der Waals surface area contributed by atoms with Crippen LogP contribution < -0.4 is 10.6 Å². The number of hydrogen-bond acceptors (Lipinski definition) is 4. The van der Waals surface area contributed by atoms with Crippen LogP contribution in [0.5, 0.6) is 0 Å². The summed E-state index contributed by atoms with van der Waals surface area (Å²) in [6, 6.07) is 10.8. The fourth-order valence-corrected chi connectivity index (χ4v) is 3.65. The number of nitrogens with one attached hydrogen (secondary N) is 2. The molecule has 4 rings (SSSR count). The molecule has 0 saturated carbocycles. The summed E-state index contributed by atoms with van der Waals surface area (Å²) in [5.74, 6) is -5.98. The first-order valence-electron chi connectivity index (χ1n) is 10.8. The molecule has 10 heteroatoms. The van der Waals surface area contributed by atoms with Crippen LogP contribution in [0.15, 0.2) is 48.7 Å². The molecule has 0 unspecified atom stereocenters. The fraction of sp³-hybridized carbons (Fsp3) is 0.200. The number of fused-ring (bicyclic) bond motifs is 1. The van der Waals surface area contributed by atoms with E-state index in [1.54, 1.807) is 10.7 Å². The summed E-state index contributed by atoms with van der Waals surface area (Å²) >= 11 is 0. The normalized spacial score (nSPS) is 11.2. The molecule has 0 fully saturated rings. The monoisotopic (exact) mass is 481 g/mol. The lowest BCUT2D eigenvalue weighted by atomic mass is 10.0. The molecular formula is C25H22F3N5O2. The summed E-state index contributed by atoms with van der Waals surface area (Å²) in [6.07, 6.45) is 1.54. The molecule has 2 heterocycles. The number of carbonyl (C=O) groups excluding carboxylic acids is 2. The second-order valence-electron chi connectivity index (χ2n) is 8.24. The molecule has 2 amide bonds. The van der Waals surface area contributed by atoms with E-state index in [2.05, 4.69) is 15.7 Å². The molecule has 4 aromatic rings. The Hall–Kier alpha value is -4.21. The third kappa shape index (κ3) is 4.72. The molecule has 7 nitrogen and oxygen atoms in total.